The van der Waals surface area contributed by atoms with E-state index in [0.29, 0.717) is 16.9 Å². The summed E-state index contributed by atoms with van der Waals surface area (Å²) in [6.07, 6.45) is 3.93. The summed E-state index contributed by atoms with van der Waals surface area (Å²) in [5, 5.41) is 0. The predicted molar refractivity (Wildman–Crippen MR) is 89.8 cm³/mol. The van der Waals surface area contributed by atoms with Gasteiger partial charge in [-0.2, -0.15) is 0 Å². The summed E-state index contributed by atoms with van der Waals surface area (Å²) in [4.78, 5) is 9.96. The van der Waals surface area contributed by atoms with Gasteiger partial charge in [0.15, 0.2) is 0 Å². The van der Waals surface area contributed by atoms with E-state index in [1.54, 1.807) is 0 Å². The summed E-state index contributed by atoms with van der Waals surface area (Å²) in [7, 11) is 2.21. The van der Waals surface area contributed by atoms with Crippen molar-refractivity contribution in [1.29, 1.82) is 0 Å². The summed E-state index contributed by atoms with van der Waals surface area (Å²) >= 11 is 0. The molecule has 0 aromatic rings. The van der Waals surface area contributed by atoms with Gasteiger partial charge in [0, 0.05) is 37.6 Å². The Kier molecular flexibility index (Phi) is 3.26. The van der Waals surface area contributed by atoms with Gasteiger partial charge in [0.1, 0.15) is 0 Å². The number of fused-ring (bicyclic) bond motifs is 1. The lowest BCUT2D eigenvalue weighted by atomic mass is 9.79. The van der Waals surface area contributed by atoms with Gasteiger partial charge in [-0.05, 0) is 44.4 Å². The average molecular weight is 291 g/mol. The molecule has 0 amide bonds. The van der Waals surface area contributed by atoms with Crippen molar-refractivity contribution < 1.29 is 0 Å². The molecule has 3 nitrogen and oxygen atoms in total. The Balaban J connectivity index is 1.82. The highest BCUT2D eigenvalue weighted by Gasteiger charge is 2.67. The van der Waals surface area contributed by atoms with E-state index in [1.165, 1.54) is 25.1 Å². The zero-order chi connectivity index (χ0) is 15.6. The number of amidine groups is 1. The van der Waals surface area contributed by atoms with E-state index in [2.05, 4.69) is 58.4 Å². The van der Waals surface area contributed by atoms with Crippen molar-refractivity contribution >= 4 is 5.84 Å². The van der Waals surface area contributed by atoms with Gasteiger partial charge >= 0.3 is 0 Å². The monoisotopic (exact) mass is 291 g/mol. The van der Waals surface area contributed by atoms with Crippen LogP contribution in [0.3, 0.4) is 0 Å². The summed E-state index contributed by atoms with van der Waals surface area (Å²) in [6.45, 7) is 16.5. The lowest BCUT2D eigenvalue weighted by Crippen LogP contribution is -2.51. The number of likely N-dealkylation sites (tertiary alicyclic amines) is 1. The molecule has 3 heteroatoms. The molecule has 0 spiro atoms. The lowest BCUT2D eigenvalue weighted by molar-refractivity contribution is 0.0362. The largest absolute Gasteiger partial charge is 0.362 e. The number of likely N-dealkylation sites (N-methyl/N-ethyl adjacent to an activating group) is 1. The maximum Gasteiger partial charge on any atom is 0.0993 e. The highest BCUT2D eigenvalue weighted by Crippen LogP contribution is 2.65. The molecule has 2 heterocycles. The standard InChI is InChI=1S/C18H33N3/c1-16(2,3)13-10-18(12-15-19-8-9-20(15)7)11-14(18)21(13)17(4,5)6/h13-14H,8-12H2,1-7H3/t13-,14?,18-/m0/s1. The molecule has 1 aliphatic carbocycles. The molecule has 0 aromatic heterocycles. The van der Waals surface area contributed by atoms with Gasteiger partial charge in [-0.3, -0.25) is 9.89 Å². The fourth-order valence-electron chi connectivity index (χ4n) is 4.64. The van der Waals surface area contributed by atoms with Crippen molar-refractivity contribution in [1.82, 2.24) is 9.80 Å². The maximum absolute atomic E-state index is 4.75. The van der Waals surface area contributed by atoms with E-state index in [-0.39, 0.29) is 5.54 Å². The first-order valence-corrected chi connectivity index (χ1v) is 8.57. The van der Waals surface area contributed by atoms with Crippen LogP contribution in [0.5, 0.6) is 0 Å². The maximum atomic E-state index is 4.75. The van der Waals surface area contributed by atoms with Gasteiger partial charge in [0.25, 0.3) is 0 Å². The molecular formula is C18H33N3. The highest BCUT2D eigenvalue weighted by atomic mass is 15.3. The molecule has 0 N–H and O–H groups in total. The number of nitrogens with zero attached hydrogens (tertiary/aromatic N) is 3. The molecule has 0 bridgehead atoms. The summed E-state index contributed by atoms with van der Waals surface area (Å²) in [5.74, 6) is 1.36. The van der Waals surface area contributed by atoms with E-state index >= 15 is 0 Å². The molecule has 1 saturated heterocycles. The predicted octanol–water partition coefficient (Wildman–Crippen LogP) is 3.40. The third-order valence-electron chi connectivity index (χ3n) is 5.87. The zero-order valence-electron chi connectivity index (χ0n) is 15.0. The van der Waals surface area contributed by atoms with E-state index < -0.39 is 0 Å². The number of rotatable bonds is 2. The topological polar surface area (TPSA) is 18.8 Å². The van der Waals surface area contributed by atoms with Crippen molar-refractivity contribution in [2.24, 2.45) is 15.8 Å². The van der Waals surface area contributed by atoms with Gasteiger partial charge in [-0.15, -0.1) is 0 Å². The van der Waals surface area contributed by atoms with Crippen LogP contribution in [0.2, 0.25) is 0 Å². The Bertz CT molecular complexity index is 454. The Morgan fingerprint density at radius 3 is 2.24 bits per heavy atom. The van der Waals surface area contributed by atoms with Crippen LogP contribution in [0, 0.1) is 10.8 Å². The van der Waals surface area contributed by atoms with Crippen LogP contribution >= 0.6 is 0 Å². The third-order valence-corrected chi connectivity index (χ3v) is 5.87. The normalized spacial score (nSPS) is 36.9. The highest BCUT2D eigenvalue weighted by molar-refractivity contribution is 5.84. The van der Waals surface area contributed by atoms with Crippen molar-refractivity contribution in [3.63, 3.8) is 0 Å². The minimum atomic E-state index is 0.268. The molecule has 1 unspecified atom stereocenters. The fraction of sp³-hybridized carbons (Fsp3) is 0.944. The summed E-state index contributed by atoms with van der Waals surface area (Å²) in [5.41, 5.74) is 1.14. The quantitative estimate of drug-likeness (QED) is 0.776. The van der Waals surface area contributed by atoms with Gasteiger partial charge in [-0.1, -0.05) is 20.8 Å². The SMILES string of the molecule is CN1CCN=C1C[C@]12CC1N(C(C)(C)C)[C@H](C(C)(C)C)C2. The molecule has 0 radical (unpaired) electrons. The minimum Gasteiger partial charge on any atom is -0.362 e. The molecule has 0 aromatic carbocycles. The molecule has 3 atom stereocenters. The Hall–Kier alpha value is -0.570. The van der Waals surface area contributed by atoms with Crippen LogP contribution in [0.4, 0.5) is 0 Å². The van der Waals surface area contributed by atoms with Crippen LogP contribution in [0.1, 0.15) is 60.8 Å². The Morgan fingerprint density at radius 2 is 1.81 bits per heavy atom. The Labute approximate surface area is 130 Å². The minimum absolute atomic E-state index is 0.268. The van der Waals surface area contributed by atoms with E-state index in [4.69, 9.17) is 4.99 Å². The van der Waals surface area contributed by atoms with Crippen LogP contribution in [-0.4, -0.2) is 53.4 Å². The zero-order valence-corrected chi connectivity index (χ0v) is 15.0. The van der Waals surface area contributed by atoms with Crippen molar-refractivity contribution in [3.8, 4) is 0 Å². The van der Waals surface area contributed by atoms with Gasteiger partial charge in [0.05, 0.1) is 12.4 Å². The first-order valence-electron chi connectivity index (χ1n) is 8.57. The van der Waals surface area contributed by atoms with Gasteiger partial charge in [-0.25, -0.2) is 0 Å². The fourth-order valence-corrected chi connectivity index (χ4v) is 4.64. The second-order valence-corrected chi connectivity index (χ2v) is 9.64. The summed E-state index contributed by atoms with van der Waals surface area (Å²) in [6, 6.07) is 1.47. The molecule has 3 rings (SSSR count). The molecule has 1 saturated carbocycles. The smallest absolute Gasteiger partial charge is 0.0993 e. The molecule has 2 aliphatic heterocycles. The van der Waals surface area contributed by atoms with E-state index in [9.17, 15) is 0 Å². The second kappa shape index (κ2) is 4.47. The van der Waals surface area contributed by atoms with Crippen LogP contribution in [0.25, 0.3) is 0 Å². The molecule has 120 valence electrons. The third kappa shape index (κ3) is 2.52. The molecule has 3 aliphatic rings. The van der Waals surface area contributed by atoms with Gasteiger partial charge in [0.2, 0.25) is 0 Å². The summed E-state index contributed by atoms with van der Waals surface area (Å²) < 4.78 is 0. The van der Waals surface area contributed by atoms with Crippen LogP contribution in [-0.2, 0) is 0 Å². The number of piperidine rings is 1. The first kappa shape index (κ1) is 15.3. The van der Waals surface area contributed by atoms with Gasteiger partial charge < -0.3 is 4.90 Å². The second-order valence-electron chi connectivity index (χ2n) is 9.64. The van der Waals surface area contributed by atoms with Crippen LogP contribution < -0.4 is 0 Å². The molecule has 21 heavy (non-hydrogen) atoms. The number of aliphatic imine (C=N–C) groups is 1. The molecule has 2 fully saturated rings. The lowest BCUT2D eigenvalue weighted by Gasteiger charge is -2.45. The Morgan fingerprint density at radius 1 is 1.14 bits per heavy atom. The van der Waals surface area contributed by atoms with Crippen molar-refractivity contribution in [2.45, 2.75) is 78.4 Å². The number of hydrogen-bond donors (Lipinski definition) is 0. The van der Waals surface area contributed by atoms with Crippen molar-refractivity contribution in [3.05, 3.63) is 0 Å². The first-order chi connectivity index (χ1) is 9.55. The van der Waals surface area contributed by atoms with E-state index in [1.807, 2.05) is 0 Å². The molecular weight excluding hydrogens is 258 g/mol. The van der Waals surface area contributed by atoms with E-state index in [0.717, 1.165) is 19.1 Å². The number of hydrogen-bond acceptors (Lipinski definition) is 3. The average Bonchev–Trinajstić information content (AvgIpc) is 2.66. The van der Waals surface area contributed by atoms with Crippen LogP contribution in [0.15, 0.2) is 4.99 Å². The van der Waals surface area contributed by atoms with Crippen molar-refractivity contribution in [2.75, 3.05) is 20.1 Å².